The summed E-state index contributed by atoms with van der Waals surface area (Å²) in [5.41, 5.74) is 1.32. The van der Waals surface area contributed by atoms with Crippen molar-refractivity contribution in [2.75, 3.05) is 0 Å². The third kappa shape index (κ3) is 1.77. The van der Waals surface area contributed by atoms with Gasteiger partial charge in [0.25, 0.3) is 0 Å². The maximum atomic E-state index is 6.35. The molecule has 1 spiro atoms. The van der Waals surface area contributed by atoms with Crippen LogP contribution in [0.3, 0.4) is 0 Å². The van der Waals surface area contributed by atoms with Gasteiger partial charge in [-0.25, -0.2) is 9.97 Å². The zero-order chi connectivity index (χ0) is 16.7. The van der Waals surface area contributed by atoms with Crippen LogP contribution in [-0.2, 0) is 14.2 Å². The minimum absolute atomic E-state index is 0.163. The Balaban J connectivity index is 1.64. The van der Waals surface area contributed by atoms with Crippen LogP contribution in [0.4, 0.5) is 0 Å². The van der Waals surface area contributed by atoms with E-state index < -0.39 is 11.4 Å². The lowest BCUT2D eigenvalue weighted by Gasteiger charge is -2.27. The first-order chi connectivity index (χ1) is 11.4. The first kappa shape index (κ1) is 14.8. The normalized spacial score (nSPS) is 37.1. The molecule has 2 aromatic heterocycles. The zero-order valence-electron chi connectivity index (χ0n) is 13.5. The molecule has 6 nitrogen and oxygen atoms in total. The number of hydrogen-bond donors (Lipinski definition) is 0. The van der Waals surface area contributed by atoms with Crippen molar-refractivity contribution in [3.63, 3.8) is 0 Å². The van der Waals surface area contributed by atoms with Gasteiger partial charge in [-0.2, -0.15) is 0 Å². The van der Waals surface area contributed by atoms with Crippen LogP contribution in [0, 0.1) is 0 Å². The molecule has 2 saturated heterocycles. The van der Waals surface area contributed by atoms with Crippen molar-refractivity contribution < 1.29 is 14.2 Å². The van der Waals surface area contributed by atoms with Gasteiger partial charge < -0.3 is 18.8 Å². The summed E-state index contributed by atoms with van der Waals surface area (Å²) in [6.45, 7) is 8.07. The maximum absolute atomic E-state index is 6.35. The minimum atomic E-state index is -0.648. The summed E-state index contributed by atoms with van der Waals surface area (Å²) in [6, 6.07) is 1.90. The van der Waals surface area contributed by atoms with Crippen LogP contribution in [0.5, 0.6) is 0 Å². The second-order valence-corrected chi connectivity index (χ2v) is 7.54. The largest absolute Gasteiger partial charge is 0.344 e. The highest BCUT2D eigenvalue weighted by atomic mass is 35.5. The van der Waals surface area contributed by atoms with Gasteiger partial charge in [-0.3, -0.25) is 0 Å². The van der Waals surface area contributed by atoms with E-state index in [0.29, 0.717) is 5.15 Å². The summed E-state index contributed by atoms with van der Waals surface area (Å²) in [6.07, 6.45) is 4.41. The lowest BCUT2D eigenvalue weighted by molar-refractivity contribution is -0.204. The summed E-state index contributed by atoms with van der Waals surface area (Å²) in [7, 11) is 0. The molecule has 0 amide bonds. The Morgan fingerprint density at radius 1 is 1.38 bits per heavy atom. The number of halogens is 1. The van der Waals surface area contributed by atoms with Gasteiger partial charge in [-0.05, 0) is 38.3 Å². The number of hydrogen-bond acceptors (Lipinski definition) is 5. The van der Waals surface area contributed by atoms with E-state index in [9.17, 15) is 0 Å². The van der Waals surface area contributed by atoms with Crippen LogP contribution in [0.1, 0.15) is 32.9 Å². The molecule has 2 aliphatic heterocycles. The SMILES string of the molecule is C=C1CC[C@]23OC(C)(C)O[C@H]2[C@H](n2ccc4c(Cl)ncnc42)O[C@H]13. The molecule has 1 aliphatic carbocycles. The number of fused-ring (bicyclic) bond motifs is 1. The van der Waals surface area contributed by atoms with E-state index in [1.165, 1.54) is 6.33 Å². The van der Waals surface area contributed by atoms with E-state index >= 15 is 0 Å². The summed E-state index contributed by atoms with van der Waals surface area (Å²) in [4.78, 5) is 8.41. The Morgan fingerprint density at radius 3 is 3.04 bits per heavy atom. The maximum Gasteiger partial charge on any atom is 0.165 e. The van der Waals surface area contributed by atoms with Crippen molar-refractivity contribution in [2.45, 2.75) is 56.5 Å². The van der Waals surface area contributed by atoms with Crippen molar-refractivity contribution in [3.8, 4) is 0 Å². The van der Waals surface area contributed by atoms with Gasteiger partial charge >= 0.3 is 0 Å². The molecule has 4 atom stereocenters. The molecule has 24 heavy (non-hydrogen) atoms. The second-order valence-electron chi connectivity index (χ2n) is 7.19. The molecular weight excluding hydrogens is 330 g/mol. The van der Waals surface area contributed by atoms with Crippen molar-refractivity contribution in [1.82, 2.24) is 14.5 Å². The van der Waals surface area contributed by atoms with Crippen LogP contribution < -0.4 is 0 Å². The molecule has 126 valence electrons. The smallest absolute Gasteiger partial charge is 0.165 e. The Morgan fingerprint density at radius 2 is 2.21 bits per heavy atom. The van der Waals surface area contributed by atoms with E-state index in [1.807, 2.05) is 30.7 Å². The fraction of sp³-hybridized carbons (Fsp3) is 0.529. The molecule has 3 fully saturated rings. The quantitative estimate of drug-likeness (QED) is 0.585. The molecule has 1 saturated carbocycles. The van der Waals surface area contributed by atoms with Gasteiger partial charge in [-0.1, -0.05) is 18.2 Å². The first-order valence-corrected chi connectivity index (χ1v) is 8.47. The average molecular weight is 348 g/mol. The van der Waals surface area contributed by atoms with Gasteiger partial charge in [0.15, 0.2) is 12.0 Å². The molecular formula is C17H18ClN3O3. The third-order valence-corrected chi connectivity index (χ3v) is 5.55. The number of rotatable bonds is 1. The summed E-state index contributed by atoms with van der Waals surface area (Å²) < 4.78 is 20.9. The molecule has 4 heterocycles. The highest BCUT2D eigenvalue weighted by molar-refractivity contribution is 6.33. The fourth-order valence-corrected chi connectivity index (χ4v) is 4.57. The van der Waals surface area contributed by atoms with Crippen molar-refractivity contribution in [3.05, 3.63) is 35.9 Å². The summed E-state index contributed by atoms with van der Waals surface area (Å²) >= 11 is 6.18. The molecule has 0 bridgehead atoms. The molecule has 0 unspecified atom stereocenters. The lowest BCUT2D eigenvalue weighted by Crippen LogP contribution is -2.42. The van der Waals surface area contributed by atoms with E-state index in [2.05, 4.69) is 16.5 Å². The van der Waals surface area contributed by atoms with Gasteiger partial charge in [0, 0.05) is 6.20 Å². The third-order valence-electron chi connectivity index (χ3n) is 5.25. The van der Waals surface area contributed by atoms with E-state index in [-0.39, 0.29) is 18.4 Å². The van der Waals surface area contributed by atoms with Crippen LogP contribution in [0.15, 0.2) is 30.7 Å². The summed E-state index contributed by atoms with van der Waals surface area (Å²) in [5, 5.41) is 1.23. The monoisotopic (exact) mass is 347 g/mol. The standard InChI is InChI=1S/C17H18ClN3O3/c1-9-4-6-17-11(9)22-15(12(17)23-16(2,3)24-17)21-7-5-10-13(18)19-8-20-14(10)21/h5,7-8,11-12,15H,1,4,6H2,2-3H3/t11-,12+,15-,17-/m1/s1. The molecule has 0 aromatic carbocycles. The van der Waals surface area contributed by atoms with E-state index in [4.69, 9.17) is 25.8 Å². The Bertz CT molecular complexity index is 864. The second kappa shape index (κ2) is 4.58. The van der Waals surface area contributed by atoms with Gasteiger partial charge in [0.2, 0.25) is 0 Å². The summed E-state index contributed by atoms with van der Waals surface area (Å²) in [5.74, 6) is -0.648. The van der Waals surface area contributed by atoms with Crippen LogP contribution >= 0.6 is 11.6 Å². The van der Waals surface area contributed by atoms with E-state index in [0.717, 1.165) is 29.4 Å². The molecule has 0 radical (unpaired) electrons. The number of nitrogens with zero attached hydrogens (tertiary/aromatic N) is 3. The van der Waals surface area contributed by atoms with Gasteiger partial charge in [-0.15, -0.1) is 0 Å². The molecule has 0 N–H and O–H groups in total. The van der Waals surface area contributed by atoms with Crippen molar-refractivity contribution in [1.29, 1.82) is 0 Å². The van der Waals surface area contributed by atoms with Gasteiger partial charge in [0.05, 0.1) is 5.39 Å². The minimum Gasteiger partial charge on any atom is -0.344 e. The van der Waals surface area contributed by atoms with Gasteiger partial charge in [0.1, 0.15) is 34.9 Å². The lowest BCUT2D eigenvalue weighted by atomic mass is 9.94. The van der Waals surface area contributed by atoms with Crippen LogP contribution in [0.25, 0.3) is 11.0 Å². The first-order valence-electron chi connectivity index (χ1n) is 8.09. The predicted molar refractivity (Wildman–Crippen MR) is 87.6 cm³/mol. The zero-order valence-corrected chi connectivity index (χ0v) is 14.3. The van der Waals surface area contributed by atoms with Crippen LogP contribution in [0.2, 0.25) is 5.15 Å². The van der Waals surface area contributed by atoms with Crippen LogP contribution in [-0.4, -0.2) is 38.1 Å². The molecule has 5 rings (SSSR count). The number of aromatic nitrogens is 3. The highest BCUT2D eigenvalue weighted by Gasteiger charge is 2.68. The Kier molecular flexibility index (Phi) is 2.83. The molecule has 2 aromatic rings. The van der Waals surface area contributed by atoms with E-state index in [1.54, 1.807) is 0 Å². The fourth-order valence-electron chi connectivity index (χ4n) is 4.38. The highest BCUT2D eigenvalue weighted by Crippen LogP contribution is 2.58. The molecule has 3 aliphatic rings. The molecule has 7 heteroatoms. The average Bonchev–Trinajstić information content (AvgIpc) is 3.19. The Labute approximate surface area is 144 Å². The topological polar surface area (TPSA) is 58.4 Å². The van der Waals surface area contributed by atoms with Crippen molar-refractivity contribution >= 4 is 22.6 Å². The predicted octanol–water partition coefficient (Wildman–Crippen LogP) is 3.22. The Hall–Kier alpha value is -1.47. The number of ether oxygens (including phenoxy) is 3. The van der Waals surface area contributed by atoms with Crippen molar-refractivity contribution in [2.24, 2.45) is 0 Å².